The molecule has 1 atom stereocenters. The number of guanidine groups is 1. The van der Waals surface area contributed by atoms with Crippen molar-refractivity contribution in [3.8, 4) is 0 Å². The molecule has 0 radical (unpaired) electrons. The number of aryl methyl sites for hydroxylation is 1. The highest BCUT2D eigenvalue weighted by atomic mass is 127. The van der Waals surface area contributed by atoms with Crippen LogP contribution < -0.4 is 16.4 Å². The number of rotatable bonds is 7. The molecule has 1 heterocycles. The minimum Gasteiger partial charge on any atom is -0.369 e. The number of likely N-dealkylation sites (tertiary alicyclic amines) is 1. The molecule has 1 unspecified atom stereocenters. The van der Waals surface area contributed by atoms with Gasteiger partial charge in [0.15, 0.2) is 5.96 Å². The Labute approximate surface area is 174 Å². The number of hydrogen-bond acceptors (Lipinski definition) is 3. The van der Waals surface area contributed by atoms with E-state index in [1.165, 1.54) is 11.1 Å². The van der Waals surface area contributed by atoms with E-state index in [1.54, 1.807) is 7.05 Å². The zero-order chi connectivity index (χ0) is 18.1. The number of hydrogen-bond donors (Lipinski definition) is 3. The van der Waals surface area contributed by atoms with Crippen molar-refractivity contribution in [2.45, 2.75) is 32.7 Å². The number of carbonyl (C=O) groups excluding carboxylic acids is 1. The van der Waals surface area contributed by atoms with Gasteiger partial charge in [0.25, 0.3) is 0 Å². The quantitative estimate of drug-likeness (QED) is 0.245. The number of halogens is 1. The molecule has 0 spiro atoms. The zero-order valence-corrected chi connectivity index (χ0v) is 18.2. The highest BCUT2D eigenvalue weighted by Crippen LogP contribution is 2.15. The topological polar surface area (TPSA) is 82.8 Å². The molecule has 1 aromatic rings. The zero-order valence-electron chi connectivity index (χ0n) is 15.8. The van der Waals surface area contributed by atoms with Crippen LogP contribution in [-0.4, -0.2) is 50.0 Å². The first-order chi connectivity index (χ1) is 12.1. The Morgan fingerprint density at radius 1 is 1.38 bits per heavy atom. The largest absolute Gasteiger partial charge is 0.369 e. The Morgan fingerprint density at radius 3 is 2.88 bits per heavy atom. The van der Waals surface area contributed by atoms with Gasteiger partial charge in [-0.2, -0.15) is 0 Å². The molecule has 1 saturated heterocycles. The van der Waals surface area contributed by atoms with Gasteiger partial charge in [-0.25, -0.2) is 0 Å². The van der Waals surface area contributed by atoms with Crippen LogP contribution in [0.15, 0.2) is 29.3 Å². The summed E-state index contributed by atoms with van der Waals surface area (Å²) >= 11 is 0. The molecule has 6 nitrogen and oxygen atoms in total. The Balaban J connectivity index is 0.00000338. The molecule has 26 heavy (non-hydrogen) atoms. The van der Waals surface area contributed by atoms with Crippen molar-refractivity contribution >= 4 is 35.8 Å². The van der Waals surface area contributed by atoms with E-state index in [9.17, 15) is 4.79 Å². The van der Waals surface area contributed by atoms with E-state index in [2.05, 4.69) is 51.7 Å². The van der Waals surface area contributed by atoms with E-state index < -0.39 is 0 Å². The van der Waals surface area contributed by atoms with Crippen molar-refractivity contribution < 1.29 is 4.79 Å². The maximum absolute atomic E-state index is 11.3. The van der Waals surface area contributed by atoms with Gasteiger partial charge in [0.05, 0.1) is 5.92 Å². The number of nitrogens with two attached hydrogens (primary N) is 1. The molecule has 0 aromatic heterocycles. The Hall–Kier alpha value is -1.35. The van der Waals surface area contributed by atoms with E-state index >= 15 is 0 Å². The summed E-state index contributed by atoms with van der Waals surface area (Å²) in [6.07, 6.45) is 3.00. The highest BCUT2D eigenvalue weighted by molar-refractivity contribution is 14.0. The minimum absolute atomic E-state index is 0. The van der Waals surface area contributed by atoms with Crippen LogP contribution in [0.2, 0.25) is 0 Å². The molecule has 1 amide bonds. The molecule has 1 aliphatic rings. The Bertz CT molecular complexity index is 593. The molecule has 0 saturated carbocycles. The average molecular weight is 473 g/mol. The van der Waals surface area contributed by atoms with E-state index in [1.807, 2.05) is 0 Å². The summed E-state index contributed by atoms with van der Waals surface area (Å²) in [6, 6.07) is 8.45. The van der Waals surface area contributed by atoms with Crippen LogP contribution in [0.3, 0.4) is 0 Å². The molecule has 146 valence electrons. The molecular weight excluding hydrogens is 441 g/mol. The van der Waals surface area contributed by atoms with Gasteiger partial charge in [0, 0.05) is 26.7 Å². The molecule has 1 aliphatic heterocycles. The average Bonchev–Trinajstić information content (AvgIpc) is 2.61. The third kappa shape index (κ3) is 7.90. The second-order valence-corrected chi connectivity index (χ2v) is 6.74. The highest BCUT2D eigenvalue weighted by Gasteiger charge is 2.23. The third-order valence-electron chi connectivity index (χ3n) is 4.62. The van der Waals surface area contributed by atoms with Gasteiger partial charge < -0.3 is 21.3 Å². The Kier molecular flexibility index (Phi) is 10.6. The van der Waals surface area contributed by atoms with Gasteiger partial charge in [-0.15, -0.1) is 24.0 Å². The van der Waals surface area contributed by atoms with Crippen LogP contribution >= 0.6 is 24.0 Å². The van der Waals surface area contributed by atoms with Gasteiger partial charge in [0.2, 0.25) is 5.91 Å². The number of nitrogens with one attached hydrogen (secondary N) is 2. The first-order valence-electron chi connectivity index (χ1n) is 9.10. The predicted octanol–water partition coefficient (Wildman–Crippen LogP) is 1.87. The summed E-state index contributed by atoms with van der Waals surface area (Å²) in [6.45, 7) is 6.55. The molecule has 7 heteroatoms. The first-order valence-corrected chi connectivity index (χ1v) is 9.10. The van der Waals surface area contributed by atoms with E-state index in [0.29, 0.717) is 0 Å². The molecule has 1 fully saturated rings. The maximum atomic E-state index is 11.3. The van der Waals surface area contributed by atoms with Crippen molar-refractivity contribution in [1.82, 2.24) is 15.5 Å². The fourth-order valence-electron chi connectivity index (χ4n) is 3.23. The van der Waals surface area contributed by atoms with Crippen LogP contribution in [0.1, 0.15) is 30.4 Å². The maximum Gasteiger partial charge on any atom is 0.221 e. The van der Waals surface area contributed by atoms with Crippen molar-refractivity contribution in [1.29, 1.82) is 0 Å². The molecule has 2 rings (SSSR count). The number of primary amides is 1. The number of aliphatic imine (C=N–C) groups is 1. The van der Waals surface area contributed by atoms with Crippen LogP contribution in [0.25, 0.3) is 0 Å². The lowest BCUT2D eigenvalue weighted by Crippen LogP contribution is -2.42. The summed E-state index contributed by atoms with van der Waals surface area (Å²) in [7, 11) is 1.79. The van der Waals surface area contributed by atoms with Gasteiger partial charge in [-0.1, -0.05) is 29.8 Å². The number of amides is 1. The first kappa shape index (κ1) is 22.7. The smallest absolute Gasteiger partial charge is 0.221 e. The summed E-state index contributed by atoms with van der Waals surface area (Å²) in [4.78, 5) is 17.9. The Morgan fingerprint density at radius 2 is 2.19 bits per heavy atom. The monoisotopic (exact) mass is 473 g/mol. The van der Waals surface area contributed by atoms with E-state index in [4.69, 9.17) is 5.73 Å². The summed E-state index contributed by atoms with van der Waals surface area (Å²) < 4.78 is 0. The molecule has 4 N–H and O–H groups in total. The molecule has 1 aromatic carbocycles. The second kappa shape index (κ2) is 12.1. The second-order valence-electron chi connectivity index (χ2n) is 6.74. The lowest BCUT2D eigenvalue weighted by atomic mass is 9.97. The van der Waals surface area contributed by atoms with Crippen molar-refractivity contribution in [2.24, 2.45) is 16.6 Å². The van der Waals surface area contributed by atoms with Gasteiger partial charge in [-0.05, 0) is 44.8 Å². The van der Waals surface area contributed by atoms with Crippen LogP contribution in [-0.2, 0) is 11.3 Å². The predicted molar refractivity (Wildman–Crippen MR) is 118 cm³/mol. The van der Waals surface area contributed by atoms with Crippen molar-refractivity contribution in [3.05, 3.63) is 35.4 Å². The summed E-state index contributed by atoms with van der Waals surface area (Å²) in [5, 5.41) is 6.69. The van der Waals surface area contributed by atoms with Crippen LogP contribution in [0.5, 0.6) is 0 Å². The van der Waals surface area contributed by atoms with E-state index in [0.717, 1.165) is 57.9 Å². The number of nitrogens with zero attached hydrogens (tertiary/aromatic N) is 2. The van der Waals surface area contributed by atoms with Gasteiger partial charge in [-0.3, -0.25) is 9.79 Å². The normalized spacial score (nSPS) is 18.1. The summed E-state index contributed by atoms with van der Waals surface area (Å²) in [5.74, 6) is 0.671. The van der Waals surface area contributed by atoms with E-state index in [-0.39, 0.29) is 35.8 Å². The van der Waals surface area contributed by atoms with Crippen LogP contribution in [0, 0.1) is 12.8 Å². The number of carbonyl (C=O) groups is 1. The molecule has 0 aliphatic carbocycles. The lowest BCUT2D eigenvalue weighted by molar-refractivity contribution is -0.123. The number of benzene rings is 1. The van der Waals surface area contributed by atoms with Crippen LogP contribution in [0.4, 0.5) is 0 Å². The molecular formula is C19H32IN5O. The minimum atomic E-state index is -0.163. The fourth-order valence-corrected chi connectivity index (χ4v) is 3.23. The SMILES string of the molecule is CN=C(NCCCN1CCCC(C(N)=O)C1)NCc1cccc(C)c1.I. The summed E-state index contributed by atoms with van der Waals surface area (Å²) in [5.41, 5.74) is 7.94. The van der Waals surface area contributed by atoms with Gasteiger partial charge >= 0.3 is 0 Å². The van der Waals surface area contributed by atoms with Crippen molar-refractivity contribution in [2.75, 3.05) is 33.2 Å². The fraction of sp³-hybridized carbons (Fsp3) is 0.579. The number of piperidine rings is 1. The van der Waals surface area contributed by atoms with Gasteiger partial charge in [0.1, 0.15) is 0 Å². The van der Waals surface area contributed by atoms with Crippen molar-refractivity contribution in [3.63, 3.8) is 0 Å². The standard InChI is InChI=1S/C19H31N5O.HI/c1-15-6-3-7-16(12-15)13-23-19(21-2)22-9-5-11-24-10-4-8-17(14-24)18(20)25;/h3,6-7,12,17H,4-5,8-11,13-14H2,1-2H3,(H2,20,25)(H2,21,22,23);1H. The lowest BCUT2D eigenvalue weighted by Gasteiger charge is -2.31. The third-order valence-corrected chi connectivity index (χ3v) is 4.62. The molecule has 0 bridgehead atoms.